The summed E-state index contributed by atoms with van der Waals surface area (Å²) in [5.41, 5.74) is 23.9. The fourth-order valence-corrected chi connectivity index (χ4v) is 13.6. The van der Waals surface area contributed by atoms with Gasteiger partial charge in [0.2, 0.25) is 0 Å². The number of benzene rings is 8. The number of carbonyl (C=O) groups is 8. The van der Waals surface area contributed by atoms with Gasteiger partial charge in [-0.1, -0.05) is 24.3 Å². The topological polar surface area (TPSA) is 495 Å². The van der Waals surface area contributed by atoms with Crippen molar-refractivity contribution in [3.05, 3.63) is 377 Å². The molecule has 762 valence electrons. The van der Waals surface area contributed by atoms with E-state index >= 15 is 0 Å². The number of ether oxygens (including phenoxy) is 6. The van der Waals surface area contributed by atoms with Gasteiger partial charge in [0, 0.05) is 81.2 Å². The number of aromatic nitrogens is 15. The maximum atomic E-state index is 13.4. The number of aromatic amines is 1. The first kappa shape index (κ1) is 116. The van der Waals surface area contributed by atoms with Crippen molar-refractivity contribution in [1.29, 1.82) is 0 Å². The van der Waals surface area contributed by atoms with Crippen LogP contribution in [-0.2, 0) is 60.5 Å². The number of nitrogen functional groups attached to an aromatic ring is 2. The second-order valence-electron chi connectivity index (χ2n) is 33.4. The number of esters is 4. The van der Waals surface area contributed by atoms with Gasteiger partial charge in [-0.3, -0.25) is 64.2 Å². The number of pyridine rings is 5. The number of fused-ring (bicyclic) bond motifs is 5. The Bertz CT molecular complexity index is 7630. The minimum atomic E-state index is -0.978. The van der Waals surface area contributed by atoms with Crippen molar-refractivity contribution in [3.63, 3.8) is 0 Å². The minimum absolute atomic E-state index is 0. The summed E-state index contributed by atoms with van der Waals surface area (Å²) in [6, 6.07) is 51.5. The molecule has 0 spiro atoms. The first-order valence-corrected chi connectivity index (χ1v) is 44.3. The van der Waals surface area contributed by atoms with Gasteiger partial charge in [-0.2, -0.15) is 25.5 Å². The van der Waals surface area contributed by atoms with Gasteiger partial charge < -0.3 is 55.8 Å². The largest absolute Gasteiger partial charge is 1.00 e. The van der Waals surface area contributed by atoms with Gasteiger partial charge in [0.05, 0.1) is 189 Å². The molecule has 148 heavy (non-hydrogen) atoms. The number of rotatable bonds is 18. The van der Waals surface area contributed by atoms with E-state index in [0.717, 1.165) is 102 Å². The average Bonchev–Trinajstić information content (AvgIpc) is 1.66. The number of hydrogen-bond donors (Lipinski definition) is 7. The Morgan fingerprint density at radius 2 is 0.750 bits per heavy atom. The summed E-state index contributed by atoms with van der Waals surface area (Å²) in [6.45, 7) is 14.1. The molecular formula is C104H100Cl2F5N20NaO16. The van der Waals surface area contributed by atoms with E-state index in [2.05, 4.69) is 90.4 Å². The number of nitrogens with zero attached hydrogens (tertiary/aromatic N) is 14. The number of nitrogens with two attached hydrogens (primary N) is 2. The third-order valence-electron chi connectivity index (χ3n) is 20.1. The van der Waals surface area contributed by atoms with Crippen LogP contribution in [0.5, 0.6) is 0 Å². The molecular weight excluding hydrogens is 1970 g/mol. The van der Waals surface area contributed by atoms with E-state index in [9.17, 15) is 60.3 Å². The van der Waals surface area contributed by atoms with Gasteiger partial charge in [-0.05, 0) is 246 Å². The van der Waals surface area contributed by atoms with Crippen molar-refractivity contribution in [2.24, 2.45) is 0 Å². The van der Waals surface area contributed by atoms with Gasteiger partial charge in [0.25, 0.3) is 5.91 Å². The molecule has 0 aliphatic heterocycles. The number of H-pyrrole nitrogens is 1. The minimum Gasteiger partial charge on any atom is -0.870 e. The second-order valence-corrected chi connectivity index (χ2v) is 33.6. The number of aromatic carboxylic acids is 1. The number of aryl methyl sites for hydroxylation is 1. The second kappa shape index (κ2) is 55.2. The summed E-state index contributed by atoms with van der Waals surface area (Å²) in [7, 11) is 5.40. The fraction of sp³-hybridized carbons (Fsp3) is 0.173. The normalized spacial score (nSPS) is 10.5. The number of carboxylic acids is 1. The molecule has 0 atom stereocenters. The number of amides is 3. The van der Waals surface area contributed by atoms with Crippen LogP contribution in [0.4, 0.5) is 60.0 Å². The molecule has 3 amide bonds. The SMILES string of the molecule is CC(C)(C)OC(=O)Nc1ccccc1N.CC(C)(C)OC(=O)Nc1ccccc1NC(=O)c1ccc2c(cnn2Cc2cncc(F)c2)c1.COC(=O)c1ccc(N)c(C)c1.COC(=O)c1ccc2[nH]ncc2c1.COC(=O)c1ccc2c(cnn2Cc2cncc(F)c2)c1.COC(=O)c1ccc2nn(Cc3cncc(F)c3)cc2c1.Cl.Fc1cncc(CCl)c1.O=C(O)c1ccc2c(cnn2Cc2cncc(F)c2)c1.[Na+].[OH-]. The third kappa shape index (κ3) is 34.9. The van der Waals surface area contributed by atoms with Crippen LogP contribution in [0.15, 0.2) is 281 Å². The zero-order valence-electron chi connectivity index (χ0n) is 81.8. The number of methoxy groups -OCH3 is 4. The number of anilines is 5. The summed E-state index contributed by atoms with van der Waals surface area (Å²) in [5, 5.41) is 44.9. The van der Waals surface area contributed by atoms with Crippen molar-refractivity contribution in [2.45, 2.75) is 91.7 Å². The van der Waals surface area contributed by atoms with Gasteiger partial charge in [-0.15, -0.1) is 24.0 Å². The van der Waals surface area contributed by atoms with Gasteiger partial charge in [-0.25, -0.2) is 55.5 Å². The van der Waals surface area contributed by atoms with E-state index in [0.29, 0.717) is 105 Å². The predicted octanol–water partition coefficient (Wildman–Crippen LogP) is 16.9. The molecule has 10 heterocycles. The van der Waals surface area contributed by atoms with Gasteiger partial charge in [0.1, 0.15) is 40.3 Å². The van der Waals surface area contributed by atoms with Crippen LogP contribution in [-0.4, -0.2) is 172 Å². The monoisotopic (exact) mass is 2070 g/mol. The molecule has 0 saturated heterocycles. The van der Waals surface area contributed by atoms with Crippen LogP contribution in [0.25, 0.3) is 54.5 Å². The van der Waals surface area contributed by atoms with E-state index in [1.807, 2.05) is 6.92 Å². The number of hydrogen-bond acceptors (Lipinski definition) is 27. The van der Waals surface area contributed by atoms with Crippen molar-refractivity contribution < 1.29 is 129 Å². The third-order valence-corrected chi connectivity index (χ3v) is 20.4. The molecule has 0 bridgehead atoms. The van der Waals surface area contributed by atoms with Crippen LogP contribution in [0, 0.1) is 36.0 Å². The van der Waals surface area contributed by atoms with Gasteiger partial charge in [0.15, 0.2) is 0 Å². The molecule has 10 aromatic heterocycles. The Balaban J connectivity index is 0.000000212. The number of halogens is 7. The molecule has 0 unspecified atom stereocenters. The molecule has 8 aromatic carbocycles. The Kier molecular flexibility index (Phi) is 43.4. The maximum Gasteiger partial charge on any atom is 1.00 e. The molecule has 0 aliphatic rings. The molecule has 10 N–H and O–H groups in total. The molecule has 44 heteroatoms. The van der Waals surface area contributed by atoms with Crippen LogP contribution >= 0.6 is 24.0 Å². The Labute approximate surface area is 876 Å². The van der Waals surface area contributed by atoms with Crippen LogP contribution in [0.1, 0.15) is 137 Å². The van der Waals surface area contributed by atoms with E-state index in [4.69, 9.17) is 37.6 Å². The van der Waals surface area contributed by atoms with Crippen LogP contribution in [0.2, 0.25) is 0 Å². The molecule has 0 fully saturated rings. The zero-order valence-corrected chi connectivity index (χ0v) is 85.4. The Morgan fingerprint density at radius 1 is 0.399 bits per heavy atom. The maximum absolute atomic E-state index is 13.4. The fourth-order valence-electron chi connectivity index (χ4n) is 13.4. The number of alkyl halides is 1. The van der Waals surface area contributed by atoms with E-state index in [1.54, 1.807) is 268 Å². The van der Waals surface area contributed by atoms with E-state index in [-0.39, 0.29) is 100 Å². The average molecular weight is 2070 g/mol. The van der Waals surface area contributed by atoms with Gasteiger partial charge >= 0.3 is 71.6 Å². The van der Waals surface area contributed by atoms with Crippen molar-refractivity contribution in [2.75, 3.05) is 55.9 Å². The molecule has 0 saturated carbocycles. The number of nitrogens with one attached hydrogen (secondary N) is 4. The van der Waals surface area contributed by atoms with E-state index < -0.39 is 41.0 Å². The van der Waals surface area contributed by atoms with Crippen molar-refractivity contribution >= 4 is 155 Å². The molecule has 0 radical (unpaired) electrons. The molecule has 18 rings (SSSR count). The summed E-state index contributed by atoms with van der Waals surface area (Å²) < 4.78 is 101. The summed E-state index contributed by atoms with van der Waals surface area (Å²) in [5.74, 6) is -4.36. The van der Waals surface area contributed by atoms with E-state index in [1.165, 1.54) is 71.0 Å². The quantitative estimate of drug-likeness (QED) is 0.0105. The Hall–Kier alpha value is -17.0. The molecule has 36 nitrogen and oxygen atoms in total. The van der Waals surface area contributed by atoms with Crippen LogP contribution < -0.4 is 57.0 Å². The number of carbonyl (C=O) groups excluding carboxylic acids is 7. The molecule has 0 aliphatic carbocycles. The summed E-state index contributed by atoms with van der Waals surface area (Å²) in [4.78, 5) is 111. The Morgan fingerprint density at radius 3 is 1.16 bits per heavy atom. The number of para-hydroxylation sites is 4. The smallest absolute Gasteiger partial charge is 0.870 e. The first-order valence-electron chi connectivity index (χ1n) is 43.8. The van der Waals surface area contributed by atoms with Crippen molar-refractivity contribution in [3.8, 4) is 0 Å². The summed E-state index contributed by atoms with van der Waals surface area (Å²) >= 11 is 5.39. The number of carboxylic acid groups (broad SMARTS) is 1. The zero-order chi connectivity index (χ0) is 105. The van der Waals surface area contributed by atoms with Crippen molar-refractivity contribution in [1.82, 2.24) is 74.2 Å². The summed E-state index contributed by atoms with van der Waals surface area (Å²) in [6.07, 6.45) is 20.9. The standard InChI is InChI=1S/C25H24FN5O3.2C15H12FN3O2.C14H10FN3O2.C11H16N2O2.C9H8N2O2.C9H11NO2.C6H5ClFN.ClH.Na.H2O/c1-25(2,3)34-24(33)30-21-7-5-4-6-20(21)29-23(32)17-8-9-22-18(11-17)13-28-31(22)15-16-10-19(26)14-27-12-16;1-21-15(20)11-2-3-14-12(5-11)7-18-19(14)9-10-4-13(16)8-17-6-10;1-21-15(20)11-2-3-14-12(5-11)9-19(18-14)8-10-4-13(16)7-17-6-10;15-12-3-9(5-16-7-12)8-18-13-2-1-10(14(19)20)4-11(13)6-17-18;1-11(2,3)15-10(14)13-9-7-5-4-6-8(9)12;1-13-9(12)6-2-3-8-7(4-6)5-10-11-8;1-6-5-7(9(11)12-2)3-4-8(6)10;7-2-5-1-6(8)4-9-3-5;;;/h4-14H,15H2,1-3H3,(H,29,32)(H,30,33);2-8H,9H2,1H3;2-7,9H,8H2,1H3;1-7H,8H2,(H,19,20);4-7H,12H2,1-3H3,(H,13,14);2-5H,1H3,(H,10,11);3-5H,10H2,1-2H3;1,3-4H,2H2;1H;;1H2/q;;;;;;;;;+1;/p-1. The molecule has 18 aromatic rings. The predicted molar refractivity (Wildman–Crippen MR) is 544 cm³/mol. The van der Waals surface area contributed by atoms with Crippen LogP contribution in [0.3, 0.4) is 0 Å². The first-order chi connectivity index (χ1) is 69.3.